The number of nitrogens with one attached hydrogen (secondary N) is 2. The van der Waals surface area contributed by atoms with E-state index < -0.39 is 47.9 Å². The highest BCUT2D eigenvalue weighted by atomic mass is 35.5. The minimum Gasteiger partial charge on any atom is -0.495 e. The molecule has 248 valence electrons. The third-order valence-electron chi connectivity index (χ3n) is 8.14. The van der Waals surface area contributed by atoms with E-state index in [1.165, 1.54) is 13.2 Å². The average molecular weight is 655 g/mol. The Morgan fingerprint density at radius 2 is 1.74 bits per heavy atom. The summed E-state index contributed by atoms with van der Waals surface area (Å²) < 4.78 is 22.9. The van der Waals surface area contributed by atoms with Gasteiger partial charge in [-0.2, -0.15) is 0 Å². The zero-order chi connectivity index (χ0) is 33.4. The summed E-state index contributed by atoms with van der Waals surface area (Å²) in [6, 6.07) is 13.9. The number of halogens is 1. The fourth-order valence-electron chi connectivity index (χ4n) is 5.39. The second-order valence-electron chi connectivity index (χ2n) is 12.3. The molecule has 46 heavy (non-hydrogen) atoms. The largest absolute Gasteiger partial charge is 0.495 e. The smallest absolute Gasteiger partial charge is 0.347 e. The second-order valence-corrected chi connectivity index (χ2v) is 12.7. The molecule has 0 spiro atoms. The molecule has 0 aromatic heterocycles. The molecule has 0 bridgehead atoms. The molecule has 1 saturated heterocycles. The second kappa shape index (κ2) is 16.1. The number of epoxide rings is 1. The van der Waals surface area contributed by atoms with Gasteiger partial charge in [0.25, 0.3) is 0 Å². The van der Waals surface area contributed by atoms with Crippen LogP contribution in [-0.2, 0) is 39.8 Å². The van der Waals surface area contributed by atoms with Crippen LogP contribution in [0.15, 0.2) is 60.7 Å². The van der Waals surface area contributed by atoms with Crippen molar-refractivity contribution < 1.29 is 38.1 Å². The van der Waals surface area contributed by atoms with Crippen LogP contribution in [-0.4, -0.2) is 61.8 Å². The number of ether oxygens (including phenoxy) is 4. The van der Waals surface area contributed by atoms with Crippen LogP contribution in [0.25, 0.3) is 0 Å². The van der Waals surface area contributed by atoms with Crippen molar-refractivity contribution in [2.75, 3.05) is 13.7 Å². The average Bonchev–Trinajstić information content (AvgIpc) is 3.83. The molecule has 2 N–H and O–H groups in total. The third-order valence-corrected chi connectivity index (χ3v) is 8.44. The van der Waals surface area contributed by atoms with Crippen molar-refractivity contribution in [3.8, 4) is 5.75 Å². The minimum absolute atomic E-state index is 0.0341. The normalized spacial score (nSPS) is 27.5. The first-order valence-electron chi connectivity index (χ1n) is 15.6. The number of cyclic esters (lactones) is 2. The van der Waals surface area contributed by atoms with Gasteiger partial charge in [-0.15, -0.1) is 0 Å². The van der Waals surface area contributed by atoms with Crippen molar-refractivity contribution in [2.45, 2.75) is 77.4 Å². The van der Waals surface area contributed by atoms with Crippen LogP contribution in [0.2, 0.25) is 5.02 Å². The van der Waals surface area contributed by atoms with E-state index >= 15 is 0 Å². The standard InChI is InChI=1S/C35H43ClN2O8/c1-20(2)16-29-35(42)44-27(22(4)31-32(46-31)24-10-7-6-8-11-24)12-9-13-30(39)38-26(33(40)37-19-21(3)34(41)45-29)18-23-14-15-28(43-5)25(36)17-23/h6-11,13-15,17,20-22,26-27,29,31-32H,12,16,18-19H2,1-5H3,(H,37,40)(H,38,39)/b13-9+/t21-,22+,26-,27?,29+,31-,32-/m1/s1. The van der Waals surface area contributed by atoms with Gasteiger partial charge in [0.2, 0.25) is 11.8 Å². The molecule has 1 unspecified atom stereocenters. The van der Waals surface area contributed by atoms with Crippen LogP contribution in [0.3, 0.4) is 0 Å². The highest BCUT2D eigenvalue weighted by molar-refractivity contribution is 6.32. The Morgan fingerprint density at radius 1 is 1.00 bits per heavy atom. The lowest BCUT2D eigenvalue weighted by molar-refractivity contribution is -0.176. The molecule has 0 aliphatic carbocycles. The van der Waals surface area contributed by atoms with Crippen LogP contribution in [0.4, 0.5) is 0 Å². The van der Waals surface area contributed by atoms with Crippen molar-refractivity contribution in [1.82, 2.24) is 10.6 Å². The summed E-state index contributed by atoms with van der Waals surface area (Å²) in [6.07, 6.45) is 1.40. The molecule has 2 amide bonds. The Kier molecular flexibility index (Phi) is 12.2. The fraction of sp³-hybridized carbons (Fsp3) is 0.486. The third kappa shape index (κ3) is 9.56. The number of carbonyl (C=O) groups is 4. The molecule has 2 aromatic rings. The molecule has 2 aliphatic rings. The first kappa shape index (κ1) is 35.0. The highest BCUT2D eigenvalue weighted by Gasteiger charge is 2.47. The van der Waals surface area contributed by atoms with Crippen molar-refractivity contribution >= 4 is 35.4 Å². The summed E-state index contributed by atoms with van der Waals surface area (Å²) in [5, 5.41) is 5.86. The highest BCUT2D eigenvalue weighted by Crippen LogP contribution is 2.45. The molecular weight excluding hydrogens is 612 g/mol. The molecule has 10 nitrogen and oxygen atoms in total. The van der Waals surface area contributed by atoms with E-state index in [9.17, 15) is 19.2 Å². The van der Waals surface area contributed by atoms with Crippen LogP contribution in [0.5, 0.6) is 5.75 Å². The number of esters is 2. The van der Waals surface area contributed by atoms with Gasteiger partial charge in [-0.25, -0.2) is 4.79 Å². The van der Waals surface area contributed by atoms with Gasteiger partial charge in [0.05, 0.1) is 24.2 Å². The first-order chi connectivity index (χ1) is 22.0. The molecule has 2 aliphatic heterocycles. The van der Waals surface area contributed by atoms with Gasteiger partial charge >= 0.3 is 11.9 Å². The van der Waals surface area contributed by atoms with Gasteiger partial charge in [-0.05, 0) is 41.7 Å². The predicted octanol–water partition coefficient (Wildman–Crippen LogP) is 4.73. The van der Waals surface area contributed by atoms with E-state index in [0.717, 1.165) is 5.56 Å². The van der Waals surface area contributed by atoms with E-state index in [2.05, 4.69) is 10.6 Å². The number of methoxy groups -OCH3 is 1. The summed E-state index contributed by atoms with van der Waals surface area (Å²) in [4.78, 5) is 52.9. The molecule has 11 heteroatoms. The molecule has 0 radical (unpaired) electrons. The van der Waals surface area contributed by atoms with Gasteiger partial charge in [-0.1, -0.05) is 81.8 Å². The van der Waals surface area contributed by atoms with Crippen LogP contribution in [0, 0.1) is 17.8 Å². The summed E-state index contributed by atoms with van der Waals surface area (Å²) in [5.41, 5.74) is 1.73. The number of hydrogen-bond acceptors (Lipinski definition) is 8. The lowest BCUT2D eigenvalue weighted by atomic mass is 9.93. The first-order valence-corrected chi connectivity index (χ1v) is 16.0. The molecule has 2 aromatic carbocycles. The molecule has 0 saturated carbocycles. The van der Waals surface area contributed by atoms with Gasteiger partial charge in [0.1, 0.15) is 24.0 Å². The monoisotopic (exact) mass is 654 g/mol. The van der Waals surface area contributed by atoms with E-state index in [4.69, 9.17) is 30.5 Å². The van der Waals surface area contributed by atoms with E-state index in [0.29, 0.717) is 16.3 Å². The Hall–Kier alpha value is -3.89. The van der Waals surface area contributed by atoms with Gasteiger partial charge in [0.15, 0.2) is 6.10 Å². The van der Waals surface area contributed by atoms with Gasteiger partial charge in [-0.3, -0.25) is 14.4 Å². The van der Waals surface area contributed by atoms with Crippen LogP contribution in [0.1, 0.15) is 57.8 Å². The van der Waals surface area contributed by atoms with Crippen molar-refractivity contribution in [3.63, 3.8) is 0 Å². The lowest BCUT2D eigenvalue weighted by Gasteiger charge is -2.27. The zero-order valence-corrected chi connectivity index (χ0v) is 27.6. The van der Waals surface area contributed by atoms with Crippen LogP contribution < -0.4 is 15.4 Å². The Balaban J connectivity index is 1.58. The van der Waals surface area contributed by atoms with Crippen molar-refractivity contribution in [3.05, 3.63) is 76.8 Å². The van der Waals surface area contributed by atoms with Crippen LogP contribution >= 0.6 is 11.6 Å². The molecule has 1 fully saturated rings. The van der Waals surface area contributed by atoms with Gasteiger partial charge in [0, 0.05) is 25.3 Å². The number of rotatable bonds is 8. The fourth-order valence-corrected chi connectivity index (χ4v) is 5.67. The summed E-state index contributed by atoms with van der Waals surface area (Å²) in [6.45, 7) is 7.31. The van der Waals surface area contributed by atoms with Crippen molar-refractivity contribution in [2.24, 2.45) is 17.8 Å². The maximum Gasteiger partial charge on any atom is 0.347 e. The molecule has 2 heterocycles. The lowest BCUT2D eigenvalue weighted by Crippen LogP contribution is -2.49. The maximum atomic E-state index is 13.5. The SMILES string of the molecule is COc1ccc(C[C@H]2NC(=O)/C=C/CC([C@H](C)[C@H]3O[C@@H]3c3ccccc3)OC(=O)[C@H](CC(C)C)OC(=O)[C@H](C)CNC2=O)cc1Cl. The predicted molar refractivity (Wildman–Crippen MR) is 172 cm³/mol. The number of carbonyl (C=O) groups excluding carboxylic acids is 4. The maximum absolute atomic E-state index is 13.5. The Bertz CT molecular complexity index is 1410. The van der Waals surface area contributed by atoms with Crippen molar-refractivity contribution in [1.29, 1.82) is 0 Å². The summed E-state index contributed by atoms with van der Waals surface area (Å²) in [5.74, 6) is -2.78. The number of benzene rings is 2. The molecule has 7 atom stereocenters. The topological polar surface area (TPSA) is 133 Å². The van der Waals surface area contributed by atoms with Gasteiger partial charge < -0.3 is 29.6 Å². The zero-order valence-electron chi connectivity index (χ0n) is 26.9. The molecule has 4 rings (SSSR count). The van der Waals surface area contributed by atoms with E-state index in [1.807, 2.05) is 51.1 Å². The molecular formula is C35H43ClN2O8. The minimum atomic E-state index is -1.13. The quantitative estimate of drug-likeness (QED) is 0.308. The number of amides is 2. The van der Waals surface area contributed by atoms with E-state index in [-0.39, 0.29) is 49.9 Å². The Labute approximate surface area is 275 Å². The van der Waals surface area contributed by atoms with E-state index in [1.54, 1.807) is 31.2 Å². The Morgan fingerprint density at radius 3 is 2.41 bits per heavy atom. The number of hydrogen-bond donors (Lipinski definition) is 2. The summed E-state index contributed by atoms with van der Waals surface area (Å²) in [7, 11) is 1.51. The summed E-state index contributed by atoms with van der Waals surface area (Å²) >= 11 is 6.30.